The fourth-order valence-electron chi connectivity index (χ4n) is 2.82. The molecule has 2 saturated heterocycles. The lowest BCUT2D eigenvalue weighted by molar-refractivity contribution is -0.112. The second kappa shape index (κ2) is 5.42. The molecule has 0 saturated carbocycles. The fourth-order valence-corrected chi connectivity index (χ4v) is 2.82. The molecule has 5 heteroatoms. The summed E-state index contributed by atoms with van der Waals surface area (Å²) < 4.78 is 17.2. The number of hydrogen-bond acceptors (Lipinski definition) is 4. The zero-order valence-corrected chi connectivity index (χ0v) is 11.2. The largest absolute Gasteiger partial charge is 0.490 e. The van der Waals surface area contributed by atoms with Crippen molar-refractivity contribution in [2.24, 2.45) is 0 Å². The smallest absolute Gasteiger partial charge is 0.335 e. The third-order valence-corrected chi connectivity index (χ3v) is 3.92. The highest BCUT2D eigenvalue weighted by atomic mass is 16.6. The SMILES string of the molecule is O=C(O)c1ccc(OC2CCOC3(CCOC3)C2)cc1. The van der Waals surface area contributed by atoms with Crippen LogP contribution >= 0.6 is 0 Å². The topological polar surface area (TPSA) is 65.0 Å². The van der Waals surface area contributed by atoms with Crippen LogP contribution in [0.25, 0.3) is 0 Å². The van der Waals surface area contributed by atoms with Crippen LogP contribution in [-0.2, 0) is 9.47 Å². The lowest BCUT2D eigenvalue weighted by Crippen LogP contribution is -2.44. The molecule has 1 spiro atoms. The molecule has 1 N–H and O–H groups in total. The molecule has 2 fully saturated rings. The molecular weight excluding hydrogens is 260 g/mol. The van der Waals surface area contributed by atoms with Gasteiger partial charge in [0.1, 0.15) is 11.9 Å². The van der Waals surface area contributed by atoms with Crippen molar-refractivity contribution in [1.82, 2.24) is 0 Å². The number of ether oxygens (including phenoxy) is 3. The predicted octanol–water partition coefficient (Wildman–Crippen LogP) is 2.10. The maximum Gasteiger partial charge on any atom is 0.335 e. The standard InChI is InChI=1S/C15H18O5/c16-14(17)11-1-3-12(4-2-11)20-13-5-7-19-15(9-13)6-8-18-10-15/h1-4,13H,5-10H2,(H,16,17). The molecule has 5 nitrogen and oxygen atoms in total. The number of benzene rings is 1. The van der Waals surface area contributed by atoms with Crippen LogP contribution < -0.4 is 4.74 Å². The minimum atomic E-state index is -0.926. The molecule has 2 aliphatic rings. The van der Waals surface area contributed by atoms with E-state index in [-0.39, 0.29) is 17.3 Å². The zero-order chi connectivity index (χ0) is 14.0. The van der Waals surface area contributed by atoms with E-state index in [9.17, 15) is 4.79 Å². The van der Waals surface area contributed by atoms with Gasteiger partial charge in [0.05, 0.1) is 24.4 Å². The van der Waals surface area contributed by atoms with E-state index in [0.717, 1.165) is 25.9 Å². The highest BCUT2D eigenvalue weighted by Gasteiger charge is 2.41. The van der Waals surface area contributed by atoms with E-state index in [1.165, 1.54) is 0 Å². The van der Waals surface area contributed by atoms with Crippen LogP contribution in [0.1, 0.15) is 29.6 Å². The molecule has 2 heterocycles. The number of aromatic carboxylic acids is 1. The summed E-state index contributed by atoms with van der Waals surface area (Å²) in [5.74, 6) is -0.222. The molecule has 2 unspecified atom stereocenters. The normalized spacial score (nSPS) is 29.5. The van der Waals surface area contributed by atoms with E-state index in [4.69, 9.17) is 19.3 Å². The van der Waals surface area contributed by atoms with Crippen molar-refractivity contribution in [2.45, 2.75) is 31.0 Å². The average Bonchev–Trinajstić information content (AvgIpc) is 2.87. The molecule has 108 valence electrons. The van der Waals surface area contributed by atoms with Crippen molar-refractivity contribution in [3.8, 4) is 5.75 Å². The number of carboxylic acids is 1. The van der Waals surface area contributed by atoms with Gasteiger partial charge in [0.25, 0.3) is 0 Å². The summed E-state index contributed by atoms with van der Waals surface area (Å²) in [6, 6.07) is 6.53. The van der Waals surface area contributed by atoms with Crippen molar-refractivity contribution >= 4 is 5.97 Å². The van der Waals surface area contributed by atoms with Crippen LogP contribution in [0.5, 0.6) is 5.75 Å². The van der Waals surface area contributed by atoms with Crippen molar-refractivity contribution in [3.63, 3.8) is 0 Å². The molecule has 2 aliphatic heterocycles. The van der Waals surface area contributed by atoms with Gasteiger partial charge < -0.3 is 19.3 Å². The van der Waals surface area contributed by atoms with Crippen molar-refractivity contribution < 1.29 is 24.1 Å². The first-order valence-electron chi connectivity index (χ1n) is 6.89. The summed E-state index contributed by atoms with van der Waals surface area (Å²) in [4.78, 5) is 10.8. The van der Waals surface area contributed by atoms with E-state index in [0.29, 0.717) is 19.0 Å². The number of hydrogen-bond donors (Lipinski definition) is 1. The molecule has 0 amide bonds. The zero-order valence-electron chi connectivity index (χ0n) is 11.2. The molecule has 0 aromatic heterocycles. The summed E-state index contributed by atoms with van der Waals surface area (Å²) >= 11 is 0. The summed E-state index contributed by atoms with van der Waals surface area (Å²) in [6.07, 6.45) is 2.70. The Morgan fingerprint density at radius 3 is 2.75 bits per heavy atom. The van der Waals surface area contributed by atoms with Gasteiger partial charge in [-0.15, -0.1) is 0 Å². The Morgan fingerprint density at radius 1 is 1.30 bits per heavy atom. The average molecular weight is 278 g/mol. The summed E-state index contributed by atoms with van der Waals surface area (Å²) in [5, 5.41) is 8.87. The van der Waals surface area contributed by atoms with Crippen LogP contribution in [0.15, 0.2) is 24.3 Å². The Kier molecular flexibility index (Phi) is 3.63. The lowest BCUT2D eigenvalue weighted by Gasteiger charge is -2.37. The van der Waals surface area contributed by atoms with Gasteiger partial charge >= 0.3 is 5.97 Å². The number of rotatable bonds is 3. The van der Waals surface area contributed by atoms with Crippen LogP contribution in [0.4, 0.5) is 0 Å². The van der Waals surface area contributed by atoms with Gasteiger partial charge in [0.15, 0.2) is 0 Å². The molecule has 3 rings (SSSR count). The second-order valence-corrected chi connectivity index (χ2v) is 5.40. The van der Waals surface area contributed by atoms with E-state index >= 15 is 0 Å². The summed E-state index contributed by atoms with van der Waals surface area (Å²) in [6.45, 7) is 2.08. The Labute approximate surface area is 117 Å². The summed E-state index contributed by atoms with van der Waals surface area (Å²) in [7, 11) is 0. The van der Waals surface area contributed by atoms with Crippen molar-refractivity contribution in [1.29, 1.82) is 0 Å². The first-order chi connectivity index (χ1) is 9.67. The first-order valence-corrected chi connectivity index (χ1v) is 6.89. The first kappa shape index (κ1) is 13.4. The Hall–Kier alpha value is -1.59. The van der Waals surface area contributed by atoms with Gasteiger partial charge in [0.2, 0.25) is 0 Å². The van der Waals surface area contributed by atoms with Crippen LogP contribution in [-0.4, -0.2) is 42.6 Å². The molecule has 0 aliphatic carbocycles. The van der Waals surface area contributed by atoms with E-state index in [2.05, 4.69) is 0 Å². The number of carboxylic acid groups (broad SMARTS) is 1. The van der Waals surface area contributed by atoms with Crippen molar-refractivity contribution in [2.75, 3.05) is 19.8 Å². The summed E-state index contributed by atoms with van der Waals surface area (Å²) in [5.41, 5.74) is 0.0918. The third kappa shape index (κ3) is 2.78. The fraction of sp³-hybridized carbons (Fsp3) is 0.533. The molecule has 0 bridgehead atoms. The highest BCUT2D eigenvalue weighted by molar-refractivity contribution is 5.87. The van der Waals surface area contributed by atoms with Gasteiger partial charge in [-0.2, -0.15) is 0 Å². The van der Waals surface area contributed by atoms with Gasteiger partial charge in [-0.05, 0) is 24.3 Å². The number of carbonyl (C=O) groups is 1. The minimum Gasteiger partial charge on any atom is -0.490 e. The molecular formula is C15H18O5. The molecule has 1 aromatic rings. The molecule has 0 radical (unpaired) electrons. The monoisotopic (exact) mass is 278 g/mol. The Bertz CT molecular complexity index is 476. The Morgan fingerprint density at radius 2 is 2.10 bits per heavy atom. The van der Waals surface area contributed by atoms with E-state index in [1.807, 2.05) is 0 Å². The molecule has 2 atom stereocenters. The predicted molar refractivity (Wildman–Crippen MR) is 71.2 cm³/mol. The van der Waals surface area contributed by atoms with Gasteiger partial charge in [-0.1, -0.05) is 0 Å². The molecule has 20 heavy (non-hydrogen) atoms. The van der Waals surface area contributed by atoms with Gasteiger partial charge in [-0.3, -0.25) is 0 Å². The molecule has 1 aromatic carbocycles. The maximum absolute atomic E-state index is 10.8. The quantitative estimate of drug-likeness (QED) is 0.917. The van der Waals surface area contributed by atoms with Gasteiger partial charge in [0, 0.05) is 25.9 Å². The van der Waals surface area contributed by atoms with E-state index < -0.39 is 5.97 Å². The van der Waals surface area contributed by atoms with E-state index in [1.54, 1.807) is 24.3 Å². The second-order valence-electron chi connectivity index (χ2n) is 5.40. The highest BCUT2D eigenvalue weighted by Crippen LogP contribution is 2.34. The maximum atomic E-state index is 10.8. The minimum absolute atomic E-state index is 0.0983. The van der Waals surface area contributed by atoms with Crippen LogP contribution in [0.2, 0.25) is 0 Å². The van der Waals surface area contributed by atoms with Crippen LogP contribution in [0.3, 0.4) is 0 Å². The van der Waals surface area contributed by atoms with Gasteiger partial charge in [-0.25, -0.2) is 4.79 Å². The van der Waals surface area contributed by atoms with Crippen LogP contribution in [0, 0.1) is 0 Å². The lowest BCUT2D eigenvalue weighted by atomic mass is 9.91. The van der Waals surface area contributed by atoms with Crippen molar-refractivity contribution in [3.05, 3.63) is 29.8 Å². The Balaban J connectivity index is 1.63. The third-order valence-electron chi connectivity index (χ3n) is 3.92.